The van der Waals surface area contributed by atoms with Gasteiger partial charge in [0.15, 0.2) is 17.9 Å². The van der Waals surface area contributed by atoms with Gasteiger partial charge in [0.05, 0.1) is 6.61 Å². The largest absolute Gasteiger partial charge is 0.447 e. The highest BCUT2D eigenvalue weighted by atomic mass is 16.5. The van der Waals surface area contributed by atoms with Crippen molar-refractivity contribution in [1.29, 1.82) is 0 Å². The van der Waals surface area contributed by atoms with Crippen LogP contribution in [0.3, 0.4) is 0 Å². The van der Waals surface area contributed by atoms with Gasteiger partial charge >= 0.3 is 0 Å². The van der Waals surface area contributed by atoms with Crippen molar-refractivity contribution in [3.8, 4) is 11.6 Å². The van der Waals surface area contributed by atoms with E-state index < -0.39 is 0 Å². The summed E-state index contributed by atoms with van der Waals surface area (Å²) < 4.78 is 15.9. The van der Waals surface area contributed by atoms with Crippen LogP contribution in [0.25, 0.3) is 11.6 Å². The van der Waals surface area contributed by atoms with E-state index in [1.807, 2.05) is 13.8 Å². The van der Waals surface area contributed by atoms with Crippen molar-refractivity contribution in [1.82, 2.24) is 15.1 Å². The smallest absolute Gasteiger partial charge is 0.280 e. The van der Waals surface area contributed by atoms with Gasteiger partial charge < -0.3 is 13.7 Å². The molecule has 1 aliphatic rings. The topological polar surface area (TPSA) is 74.2 Å². The van der Waals surface area contributed by atoms with E-state index in [0.29, 0.717) is 24.0 Å². The van der Waals surface area contributed by atoms with Crippen LogP contribution in [-0.2, 0) is 4.74 Å². The van der Waals surface area contributed by atoms with Crippen LogP contribution in [0.4, 0.5) is 0 Å². The van der Waals surface area contributed by atoms with E-state index in [2.05, 4.69) is 15.1 Å². The summed E-state index contributed by atoms with van der Waals surface area (Å²) in [6.07, 6.45) is 2.35. The average Bonchev–Trinajstić information content (AvgIpc) is 3.10. The molecule has 0 amide bonds. The third-order valence-electron chi connectivity index (χ3n) is 3.06. The fraction of sp³-hybridized carbons (Fsp3) is 0.583. The normalized spacial score (nSPS) is 19.8. The number of hydrogen-bond acceptors (Lipinski definition) is 6. The van der Waals surface area contributed by atoms with Gasteiger partial charge in [-0.2, -0.15) is 4.98 Å². The lowest BCUT2D eigenvalue weighted by Gasteiger charge is -1.99. The van der Waals surface area contributed by atoms with Crippen molar-refractivity contribution in [3.05, 3.63) is 18.0 Å². The highest BCUT2D eigenvalue weighted by Crippen LogP contribution is 2.29. The van der Waals surface area contributed by atoms with Crippen molar-refractivity contribution in [2.45, 2.75) is 32.1 Å². The summed E-state index contributed by atoms with van der Waals surface area (Å²) in [5.41, 5.74) is 0.641. The Labute approximate surface area is 104 Å². The third kappa shape index (κ3) is 1.92. The molecule has 1 atom stereocenters. The van der Waals surface area contributed by atoms with Crippen molar-refractivity contribution in [2.24, 2.45) is 0 Å². The van der Waals surface area contributed by atoms with Gasteiger partial charge in [0.2, 0.25) is 0 Å². The number of rotatable bonds is 3. The summed E-state index contributed by atoms with van der Waals surface area (Å²) in [5, 5.41) is 4.01. The Morgan fingerprint density at radius 3 is 3.00 bits per heavy atom. The second kappa shape index (κ2) is 4.53. The first-order valence-electron chi connectivity index (χ1n) is 6.11. The second-order valence-corrected chi connectivity index (χ2v) is 4.74. The highest BCUT2D eigenvalue weighted by Gasteiger charge is 2.25. The fourth-order valence-electron chi connectivity index (χ4n) is 2.06. The average molecular weight is 249 g/mol. The Bertz CT molecular complexity index is 526. The molecule has 0 spiro atoms. The molecule has 6 nitrogen and oxygen atoms in total. The Balaban J connectivity index is 1.90. The van der Waals surface area contributed by atoms with Gasteiger partial charge in [-0.25, -0.2) is 4.98 Å². The molecule has 3 rings (SSSR count). The molecule has 0 aromatic carbocycles. The number of aromatic nitrogens is 3. The van der Waals surface area contributed by atoms with Gasteiger partial charge in [0, 0.05) is 18.4 Å². The maximum atomic E-state index is 5.35. The fourth-order valence-corrected chi connectivity index (χ4v) is 2.06. The van der Waals surface area contributed by atoms with Gasteiger partial charge in [-0.15, -0.1) is 0 Å². The predicted molar refractivity (Wildman–Crippen MR) is 62.1 cm³/mol. The van der Waals surface area contributed by atoms with Crippen molar-refractivity contribution >= 4 is 0 Å². The molecule has 0 unspecified atom stereocenters. The summed E-state index contributed by atoms with van der Waals surface area (Å²) in [6, 6.07) is 0. The lowest BCUT2D eigenvalue weighted by Crippen LogP contribution is -1.99. The van der Waals surface area contributed by atoms with E-state index in [9.17, 15) is 0 Å². The zero-order valence-electron chi connectivity index (χ0n) is 10.4. The molecule has 0 N–H and O–H groups in total. The molecule has 18 heavy (non-hydrogen) atoms. The maximum absolute atomic E-state index is 5.35. The zero-order valence-corrected chi connectivity index (χ0v) is 10.4. The molecule has 2 aromatic heterocycles. The molecular weight excluding hydrogens is 234 g/mol. The molecule has 2 aromatic rings. The molecule has 1 fully saturated rings. The Kier molecular flexibility index (Phi) is 2.87. The van der Waals surface area contributed by atoms with E-state index in [-0.39, 0.29) is 11.8 Å². The number of nitrogens with zero attached hydrogens (tertiary/aromatic N) is 3. The molecule has 1 saturated heterocycles. The molecule has 6 heteroatoms. The van der Waals surface area contributed by atoms with Crippen LogP contribution in [0.5, 0.6) is 0 Å². The lowest BCUT2D eigenvalue weighted by molar-refractivity contribution is 0.192. The molecule has 1 aliphatic heterocycles. The van der Waals surface area contributed by atoms with Gasteiger partial charge in [-0.3, -0.25) is 0 Å². The van der Waals surface area contributed by atoms with Gasteiger partial charge in [0.1, 0.15) is 5.76 Å². The maximum Gasteiger partial charge on any atom is 0.280 e. The molecule has 0 aliphatic carbocycles. The standard InChI is InChI=1S/C12H15N3O3/c1-7(2)10-9(13-6-17-10)12-14-11(15-18-12)8-3-4-16-5-8/h6-8H,3-5H2,1-2H3/t8-/m1/s1. The molecule has 0 bridgehead atoms. The molecular formula is C12H15N3O3. The minimum Gasteiger partial charge on any atom is -0.447 e. The van der Waals surface area contributed by atoms with Gasteiger partial charge in [-0.1, -0.05) is 19.0 Å². The van der Waals surface area contributed by atoms with Crippen molar-refractivity contribution < 1.29 is 13.7 Å². The summed E-state index contributed by atoms with van der Waals surface area (Å²) in [5.74, 6) is 2.35. The monoisotopic (exact) mass is 249 g/mol. The Morgan fingerprint density at radius 1 is 1.39 bits per heavy atom. The molecule has 96 valence electrons. The van der Waals surface area contributed by atoms with Crippen LogP contribution in [0, 0.1) is 0 Å². The van der Waals surface area contributed by atoms with Crippen LogP contribution < -0.4 is 0 Å². The van der Waals surface area contributed by atoms with Crippen LogP contribution in [-0.4, -0.2) is 28.3 Å². The summed E-state index contributed by atoms with van der Waals surface area (Å²) in [6.45, 7) is 5.49. The van der Waals surface area contributed by atoms with E-state index in [1.165, 1.54) is 6.39 Å². The van der Waals surface area contributed by atoms with Crippen molar-refractivity contribution in [2.75, 3.05) is 13.2 Å². The predicted octanol–water partition coefficient (Wildman–Crippen LogP) is 2.35. The summed E-state index contributed by atoms with van der Waals surface area (Å²) in [4.78, 5) is 8.55. The Hall–Kier alpha value is -1.69. The molecule has 0 radical (unpaired) electrons. The van der Waals surface area contributed by atoms with Crippen LogP contribution in [0.1, 0.15) is 43.7 Å². The molecule has 3 heterocycles. The van der Waals surface area contributed by atoms with E-state index in [0.717, 1.165) is 18.8 Å². The first kappa shape index (κ1) is 11.4. The third-order valence-corrected chi connectivity index (χ3v) is 3.06. The number of oxazole rings is 1. The second-order valence-electron chi connectivity index (χ2n) is 4.74. The van der Waals surface area contributed by atoms with Gasteiger partial charge in [-0.05, 0) is 6.42 Å². The van der Waals surface area contributed by atoms with E-state index >= 15 is 0 Å². The lowest BCUT2D eigenvalue weighted by atomic mass is 10.1. The summed E-state index contributed by atoms with van der Waals surface area (Å²) in [7, 11) is 0. The minimum atomic E-state index is 0.229. The first-order valence-corrected chi connectivity index (χ1v) is 6.11. The zero-order chi connectivity index (χ0) is 12.5. The Morgan fingerprint density at radius 2 is 2.28 bits per heavy atom. The first-order chi connectivity index (χ1) is 8.75. The van der Waals surface area contributed by atoms with E-state index in [1.54, 1.807) is 0 Å². The summed E-state index contributed by atoms with van der Waals surface area (Å²) >= 11 is 0. The van der Waals surface area contributed by atoms with E-state index in [4.69, 9.17) is 13.7 Å². The van der Waals surface area contributed by atoms with Crippen LogP contribution >= 0.6 is 0 Å². The van der Waals surface area contributed by atoms with Crippen molar-refractivity contribution in [3.63, 3.8) is 0 Å². The molecule has 0 saturated carbocycles. The quantitative estimate of drug-likeness (QED) is 0.831. The minimum absolute atomic E-state index is 0.229. The highest BCUT2D eigenvalue weighted by molar-refractivity contribution is 5.50. The number of hydrogen-bond donors (Lipinski definition) is 0. The number of ether oxygens (including phenoxy) is 1. The van der Waals surface area contributed by atoms with Gasteiger partial charge in [0.25, 0.3) is 5.89 Å². The van der Waals surface area contributed by atoms with Crippen LogP contribution in [0.2, 0.25) is 0 Å². The SMILES string of the molecule is CC(C)c1ocnc1-c1nc([C@@H]2CCOC2)no1. The van der Waals surface area contributed by atoms with Crippen LogP contribution in [0.15, 0.2) is 15.3 Å².